The molecule has 57 heavy (non-hydrogen) atoms. The van der Waals surface area contributed by atoms with Crippen LogP contribution in [0.1, 0.15) is 43.4 Å². The highest BCUT2D eigenvalue weighted by atomic mass is 32.2. The lowest BCUT2D eigenvalue weighted by Gasteiger charge is -2.34. The summed E-state index contributed by atoms with van der Waals surface area (Å²) in [4.78, 5) is 3.90. The molecular formula is C54H41NOS. The molecule has 0 fully saturated rings. The summed E-state index contributed by atoms with van der Waals surface area (Å²) in [5.41, 5.74) is 12.9. The Hall–Kier alpha value is -6.29. The number of furan rings is 1. The van der Waals surface area contributed by atoms with Crippen LogP contribution >= 0.6 is 11.8 Å². The molecule has 9 aromatic rings. The fourth-order valence-electron chi connectivity index (χ4n) is 9.09. The van der Waals surface area contributed by atoms with Gasteiger partial charge in [-0.1, -0.05) is 148 Å². The minimum Gasteiger partial charge on any atom is -0.456 e. The molecule has 2 atom stereocenters. The summed E-state index contributed by atoms with van der Waals surface area (Å²) in [5, 5.41) is 7.36. The molecule has 3 heteroatoms. The lowest BCUT2D eigenvalue weighted by molar-refractivity contribution is 0.590. The van der Waals surface area contributed by atoms with Crippen molar-refractivity contribution in [3.8, 4) is 11.1 Å². The van der Waals surface area contributed by atoms with E-state index in [0.29, 0.717) is 5.92 Å². The van der Waals surface area contributed by atoms with Gasteiger partial charge in [-0.2, -0.15) is 0 Å². The Morgan fingerprint density at radius 2 is 1.30 bits per heavy atom. The molecule has 8 aromatic carbocycles. The van der Waals surface area contributed by atoms with Crippen LogP contribution in [0.5, 0.6) is 0 Å². The summed E-state index contributed by atoms with van der Waals surface area (Å²) in [6.07, 6.45) is 7.06. The highest BCUT2D eigenvalue weighted by Gasteiger charge is 2.38. The van der Waals surface area contributed by atoms with Gasteiger partial charge in [-0.25, -0.2) is 0 Å². The molecule has 1 aliphatic heterocycles. The summed E-state index contributed by atoms with van der Waals surface area (Å²) in [6, 6.07) is 60.3. The van der Waals surface area contributed by atoms with Crippen molar-refractivity contribution >= 4 is 77.9 Å². The van der Waals surface area contributed by atoms with Crippen molar-refractivity contribution in [1.29, 1.82) is 0 Å². The number of benzene rings is 8. The van der Waals surface area contributed by atoms with Crippen LogP contribution in [0.25, 0.3) is 60.2 Å². The zero-order chi connectivity index (χ0) is 38.3. The third-order valence-electron chi connectivity index (χ3n) is 12.0. The van der Waals surface area contributed by atoms with Crippen LogP contribution in [0.4, 0.5) is 17.1 Å². The van der Waals surface area contributed by atoms with E-state index >= 15 is 0 Å². The monoisotopic (exact) mass is 751 g/mol. The van der Waals surface area contributed by atoms with Gasteiger partial charge in [0, 0.05) is 43.7 Å². The molecule has 0 saturated heterocycles. The van der Waals surface area contributed by atoms with E-state index in [-0.39, 0.29) is 10.7 Å². The van der Waals surface area contributed by atoms with Gasteiger partial charge in [0.05, 0.1) is 11.4 Å². The van der Waals surface area contributed by atoms with Gasteiger partial charge in [0.1, 0.15) is 11.2 Å². The lowest BCUT2D eigenvalue weighted by Crippen LogP contribution is -2.18. The predicted octanol–water partition coefficient (Wildman–Crippen LogP) is 15.5. The third-order valence-corrected chi connectivity index (χ3v) is 13.4. The fraction of sp³-hybridized carbons (Fsp3) is 0.111. The van der Waals surface area contributed by atoms with Gasteiger partial charge >= 0.3 is 0 Å². The molecule has 2 nitrogen and oxygen atoms in total. The molecule has 2 heterocycles. The lowest BCUT2D eigenvalue weighted by atomic mass is 9.82. The number of hydrogen-bond donors (Lipinski definition) is 0. The first-order valence-electron chi connectivity index (χ1n) is 19.9. The molecule has 1 aromatic heterocycles. The average Bonchev–Trinajstić information content (AvgIpc) is 3.80. The second-order valence-electron chi connectivity index (χ2n) is 16.5. The summed E-state index contributed by atoms with van der Waals surface area (Å²) in [7, 11) is 0. The molecule has 274 valence electrons. The van der Waals surface area contributed by atoms with Gasteiger partial charge in [0.25, 0.3) is 0 Å². The Kier molecular flexibility index (Phi) is 7.84. The Balaban J connectivity index is 1.21. The number of rotatable bonds is 5. The molecule has 0 spiro atoms. The number of thioether (sulfide) groups is 1. The predicted molar refractivity (Wildman–Crippen MR) is 243 cm³/mol. The number of nitrogens with zero attached hydrogens (tertiary/aromatic N) is 1. The second-order valence-corrected chi connectivity index (χ2v) is 17.6. The molecule has 0 N–H and O–H groups in total. The van der Waals surface area contributed by atoms with E-state index in [1.165, 1.54) is 59.8 Å². The normalized spacial score (nSPS) is 16.3. The van der Waals surface area contributed by atoms with Gasteiger partial charge in [-0.05, 0) is 104 Å². The van der Waals surface area contributed by atoms with Crippen LogP contribution in [0.2, 0.25) is 0 Å². The maximum absolute atomic E-state index is 6.57. The molecular weight excluding hydrogens is 711 g/mol. The highest BCUT2D eigenvalue weighted by molar-refractivity contribution is 8.00. The topological polar surface area (TPSA) is 16.4 Å². The highest BCUT2D eigenvalue weighted by Crippen LogP contribution is 2.56. The van der Waals surface area contributed by atoms with Crippen LogP contribution in [0.3, 0.4) is 0 Å². The van der Waals surface area contributed by atoms with Gasteiger partial charge < -0.3 is 9.32 Å². The summed E-state index contributed by atoms with van der Waals surface area (Å²) < 4.78 is 6.57. The molecule has 0 amide bonds. The molecule has 11 rings (SSSR count). The summed E-state index contributed by atoms with van der Waals surface area (Å²) >= 11 is 2.00. The van der Waals surface area contributed by atoms with Crippen molar-refractivity contribution in [2.45, 2.75) is 42.2 Å². The van der Waals surface area contributed by atoms with Crippen LogP contribution in [0, 0.1) is 0 Å². The first-order chi connectivity index (χ1) is 27.9. The van der Waals surface area contributed by atoms with E-state index in [1.54, 1.807) is 0 Å². The van der Waals surface area contributed by atoms with Crippen molar-refractivity contribution in [2.24, 2.45) is 0 Å². The molecule has 2 aliphatic rings. The fourth-order valence-corrected chi connectivity index (χ4v) is 10.6. The van der Waals surface area contributed by atoms with E-state index < -0.39 is 0 Å². The second kappa shape index (κ2) is 13.1. The molecule has 0 saturated carbocycles. The van der Waals surface area contributed by atoms with Crippen molar-refractivity contribution < 1.29 is 4.42 Å². The smallest absolute Gasteiger partial charge is 0.136 e. The Morgan fingerprint density at radius 3 is 2.14 bits per heavy atom. The summed E-state index contributed by atoms with van der Waals surface area (Å²) in [6.45, 7) is 6.90. The van der Waals surface area contributed by atoms with E-state index in [4.69, 9.17) is 4.42 Å². The van der Waals surface area contributed by atoms with Crippen LogP contribution in [-0.2, 0) is 5.41 Å². The van der Waals surface area contributed by atoms with Crippen molar-refractivity contribution in [3.05, 3.63) is 199 Å². The van der Waals surface area contributed by atoms with Crippen LogP contribution in [-0.4, -0.2) is 5.25 Å². The SMILES string of the molecule is CC(C)(C)c1ccc(N(c2ccc3oc4cc5ccccc5cc4c3c2)c2ccc3ccccc3c2C2=CC=CC3c4ccccc4SC23)c(-c2ccccc2)c1. The quantitative estimate of drug-likeness (QED) is 0.174. The van der Waals surface area contributed by atoms with E-state index in [1.807, 2.05) is 11.8 Å². The number of anilines is 3. The molecule has 2 unspecified atom stereocenters. The number of fused-ring (bicyclic) bond motifs is 8. The largest absolute Gasteiger partial charge is 0.456 e. The van der Waals surface area contributed by atoms with Crippen molar-refractivity contribution in [3.63, 3.8) is 0 Å². The Bertz CT molecular complexity index is 3110. The Morgan fingerprint density at radius 1 is 0.579 bits per heavy atom. The van der Waals surface area contributed by atoms with Gasteiger partial charge in [-0.15, -0.1) is 11.8 Å². The van der Waals surface area contributed by atoms with E-state index in [0.717, 1.165) is 39.0 Å². The van der Waals surface area contributed by atoms with E-state index in [9.17, 15) is 0 Å². The standard InChI is InChI=1S/C54H41NOS/c1-54(2,3)38-25-28-47(44(32-38)34-14-5-4-6-15-34)55(39-26-29-49-46(33-39)45-30-36-17-7-8-18-37(36)31-50(45)56-49)48-27-24-35-16-9-10-19-40(35)52(48)43-22-13-21-42-41-20-11-12-23-51(41)57-53(42)43/h4-33,42,53H,1-3H3. The van der Waals surface area contributed by atoms with Crippen LogP contribution < -0.4 is 4.90 Å². The Labute approximate surface area is 337 Å². The van der Waals surface area contributed by atoms with E-state index in [2.05, 4.69) is 208 Å². The first-order valence-corrected chi connectivity index (χ1v) is 20.8. The minimum atomic E-state index is -0.0264. The molecule has 0 radical (unpaired) electrons. The van der Waals surface area contributed by atoms with Gasteiger partial charge in [-0.3, -0.25) is 0 Å². The van der Waals surface area contributed by atoms with Gasteiger partial charge in [0.15, 0.2) is 0 Å². The molecule has 1 aliphatic carbocycles. The zero-order valence-electron chi connectivity index (χ0n) is 32.2. The maximum atomic E-state index is 6.57. The zero-order valence-corrected chi connectivity index (χ0v) is 33.1. The van der Waals surface area contributed by atoms with Gasteiger partial charge in [0.2, 0.25) is 0 Å². The average molecular weight is 752 g/mol. The third kappa shape index (κ3) is 5.63. The first kappa shape index (κ1) is 34.0. The number of hydrogen-bond acceptors (Lipinski definition) is 3. The minimum absolute atomic E-state index is 0.0264. The van der Waals surface area contributed by atoms with Crippen molar-refractivity contribution in [1.82, 2.24) is 0 Å². The number of allylic oxidation sites excluding steroid dienone is 3. The molecule has 0 bridgehead atoms. The summed E-state index contributed by atoms with van der Waals surface area (Å²) in [5.74, 6) is 0.306. The van der Waals surface area contributed by atoms with Crippen LogP contribution in [0.15, 0.2) is 191 Å². The van der Waals surface area contributed by atoms with Crippen molar-refractivity contribution in [2.75, 3.05) is 4.90 Å². The maximum Gasteiger partial charge on any atom is 0.136 e.